The van der Waals surface area contributed by atoms with Crippen LogP contribution >= 0.6 is 34.0 Å². The van der Waals surface area contributed by atoms with Gasteiger partial charge in [-0.1, -0.05) is 96.4 Å². The fourth-order valence-corrected chi connectivity index (χ4v) is 12.2. The number of hydrogen-bond donors (Lipinski definition) is 3. The van der Waals surface area contributed by atoms with E-state index < -0.39 is 0 Å². The van der Waals surface area contributed by atoms with E-state index in [1.807, 2.05) is 34.0 Å². The second-order valence-electron chi connectivity index (χ2n) is 17.0. The lowest BCUT2D eigenvalue weighted by atomic mass is 9.95. The third-order valence-corrected chi connectivity index (χ3v) is 15.9. The van der Waals surface area contributed by atoms with Crippen LogP contribution in [-0.2, 0) is 25.7 Å². The number of rotatable bonds is 10. The van der Waals surface area contributed by atoms with Crippen molar-refractivity contribution >= 4 is 34.0 Å². The first kappa shape index (κ1) is 44.5. The third-order valence-electron chi connectivity index (χ3n) is 12.1. The van der Waals surface area contributed by atoms with Crippen molar-refractivity contribution in [2.24, 2.45) is 0 Å². The predicted octanol–water partition coefficient (Wildman–Crippen LogP) is 11.4. The second kappa shape index (κ2) is 22.5. The zero-order chi connectivity index (χ0) is 41.7. The Kier molecular flexibility index (Phi) is 16.7. The Balaban J connectivity index is 0.000000136. The maximum absolute atomic E-state index is 4.92. The van der Waals surface area contributed by atoms with Gasteiger partial charge in [-0.05, 0) is 146 Å². The Bertz CT molecular complexity index is 2170. The largest absolute Gasteiger partial charge is 0.317 e. The van der Waals surface area contributed by atoms with E-state index >= 15 is 0 Å². The maximum Gasteiger partial charge on any atom is 0.0975 e. The molecule has 60 heavy (non-hydrogen) atoms. The molecule has 0 unspecified atom stereocenters. The van der Waals surface area contributed by atoms with Gasteiger partial charge in [-0.15, -0.1) is 34.0 Å². The molecule has 9 heteroatoms. The molecule has 6 heterocycles. The van der Waals surface area contributed by atoms with Crippen molar-refractivity contribution in [3.05, 3.63) is 153 Å². The lowest BCUT2D eigenvalue weighted by Gasteiger charge is -2.22. The minimum Gasteiger partial charge on any atom is -0.317 e. The van der Waals surface area contributed by atoms with E-state index in [4.69, 9.17) is 9.97 Å². The Morgan fingerprint density at radius 2 is 0.883 bits per heavy atom. The molecule has 3 saturated heterocycles. The average molecular weight is 859 g/mol. The summed E-state index contributed by atoms with van der Waals surface area (Å²) >= 11 is 5.78. The van der Waals surface area contributed by atoms with Gasteiger partial charge < -0.3 is 16.0 Å². The molecule has 3 N–H and O–H groups in total. The van der Waals surface area contributed by atoms with Crippen LogP contribution < -0.4 is 16.0 Å². The second-order valence-corrected chi connectivity index (χ2v) is 20.4. The van der Waals surface area contributed by atoms with Gasteiger partial charge in [-0.3, -0.25) is 0 Å². The number of benzene rings is 3. The van der Waals surface area contributed by atoms with Crippen LogP contribution in [0.4, 0.5) is 0 Å². The van der Waals surface area contributed by atoms with Crippen molar-refractivity contribution < 1.29 is 0 Å². The number of thiazole rings is 3. The molecule has 3 aromatic carbocycles. The Morgan fingerprint density at radius 3 is 1.35 bits per heavy atom. The van der Waals surface area contributed by atoms with E-state index in [9.17, 15) is 0 Å². The molecular formula is C51H66N6S3. The van der Waals surface area contributed by atoms with Gasteiger partial charge in [-0.2, -0.15) is 0 Å². The zero-order valence-corrected chi connectivity index (χ0v) is 39.1. The van der Waals surface area contributed by atoms with Gasteiger partial charge in [0.1, 0.15) is 0 Å². The topological polar surface area (TPSA) is 74.8 Å². The van der Waals surface area contributed by atoms with Crippen molar-refractivity contribution in [1.29, 1.82) is 0 Å². The normalized spacial score (nSPS) is 16.5. The predicted molar refractivity (Wildman–Crippen MR) is 257 cm³/mol. The Morgan fingerprint density at radius 1 is 0.483 bits per heavy atom. The van der Waals surface area contributed by atoms with Crippen LogP contribution in [0.1, 0.15) is 138 Å². The molecule has 3 aromatic heterocycles. The number of aryl methyl sites for hydroxylation is 5. The molecule has 0 atom stereocenters. The van der Waals surface area contributed by atoms with Gasteiger partial charge in [-0.25, -0.2) is 15.0 Å². The molecule has 0 bridgehead atoms. The van der Waals surface area contributed by atoms with E-state index in [1.54, 1.807) is 4.88 Å². The van der Waals surface area contributed by atoms with Crippen LogP contribution in [0.25, 0.3) is 0 Å². The molecule has 0 amide bonds. The minimum atomic E-state index is 0.723. The standard InChI is InChI=1S/C18H24N2S.C17H22N2S.C16H20N2S/c1-3-16-18(15-8-10-19-11-9-15)21-17(20-16)12-14-6-4-13(2)5-7-14;1-12-3-5-14(6-4-12)11-16-19-13(2)17(20-16)15-7-9-18-10-8-15;1-12-2-4-13(5-3-12)10-16-18-11-15(19-16)14-6-8-17-9-7-14/h4-7,15,19H,3,8-12H2,1-2H3;3-6,15,18H,7-11H2,1-2H3;2-5,11,14,17H,6-10H2,1H3. The summed E-state index contributed by atoms with van der Waals surface area (Å²) in [5.74, 6) is 2.18. The summed E-state index contributed by atoms with van der Waals surface area (Å²) in [7, 11) is 0. The third kappa shape index (κ3) is 13.0. The molecule has 0 aliphatic carbocycles. The van der Waals surface area contributed by atoms with E-state index in [2.05, 4.69) is 135 Å². The summed E-state index contributed by atoms with van der Waals surface area (Å²) in [5, 5.41) is 14.1. The highest BCUT2D eigenvalue weighted by Gasteiger charge is 2.23. The van der Waals surface area contributed by atoms with Crippen LogP contribution in [0.15, 0.2) is 79.0 Å². The first-order valence-corrected chi connectivity index (χ1v) is 24.9. The zero-order valence-electron chi connectivity index (χ0n) is 36.6. The molecule has 318 valence electrons. The summed E-state index contributed by atoms with van der Waals surface area (Å²) < 4.78 is 0. The molecule has 3 fully saturated rings. The maximum atomic E-state index is 4.92. The van der Waals surface area contributed by atoms with Crippen molar-refractivity contribution in [2.45, 2.75) is 117 Å². The van der Waals surface area contributed by atoms with Gasteiger partial charge >= 0.3 is 0 Å². The fraction of sp³-hybridized carbons (Fsp3) is 0.471. The summed E-state index contributed by atoms with van der Waals surface area (Å²) in [4.78, 5) is 18.9. The average Bonchev–Trinajstić information content (AvgIpc) is 4.03. The summed E-state index contributed by atoms with van der Waals surface area (Å²) in [5.41, 5.74) is 10.6. The number of nitrogens with zero attached hydrogens (tertiary/aromatic N) is 3. The van der Waals surface area contributed by atoms with Crippen molar-refractivity contribution in [3.8, 4) is 0 Å². The molecule has 9 rings (SSSR count). The summed E-state index contributed by atoms with van der Waals surface area (Å²) in [6.07, 6.45) is 13.6. The number of nitrogens with one attached hydrogen (secondary N) is 3. The molecule has 0 saturated carbocycles. The number of hydrogen-bond acceptors (Lipinski definition) is 9. The highest BCUT2D eigenvalue weighted by Crippen LogP contribution is 2.35. The lowest BCUT2D eigenvalue weighted by Crippen LogP contribution is -2.26. The van der Waals surface area contributed by atoms with E-state index in [0.717, 1.165) is 82.7 Å². The Labute approximate surface area is 372 Å². The van der Waals surface area contributed by atoms with Gasteiger partial charge in [0, 0.05) is 40.1 Å². The Hall–Kier alpha value is -3.57. The quantitative estimate of drug-likeness (QED) is 0.127. The van der Waals surface area contributed by atoms with Gasteiger partial charge in [0.2, 0.25) is 0 Å². The molecular weight excluding hydrogens is 793 g/mol. The molecule has 6 nitrogen and oxygen atoms in total. The van der Waals surface area contributed by atoms with Crippen molar-refractivity contribution in [2.75, 3.05) is 39.3 Å². The first-order chi connectivity index (χ1) is 29.3. The summed E-state index contributed by atoms with van der Waals surface area (Å²) in [6, 6.07) is 26.4. The van der Waals surface area contributed by atoms with E-state index in [1.165, 1.54) is 108 Å². The van der Waals surface area contributed by atoms with Gasteiger partial charge in [0.25, 0.3) is 0 Å². The molecule has 0 radical (unpaired) electrons. The molecule has 0 spiro atoms. The van der Waals surface area contributed by atoms with E-state index in [-0.39, 0.29) is 0 Å². The van der Waals surface area contributed by atoms with Crippen LogP contribution in [0.3, 0.4) is 0 Å². The van der Waals surface area contributed by atoms with Gasteiger partial charge in [0.15, 0.2) is 0 Å². The van der Waals surface area contributed by atoms with Crippen LogP contribution in [0.2, 0.25) is 0 Å². The monoisotopic (exact) mass is 858 g/mol. The van der Waals surface area contributed by atoms with Crippen molar-refractivity contribution in [3.63, 3.8) is 0 Å². The van der Waals surface area contributed by atoms with Crippen molar-refractivity contribution in [1.82, 2.24) is 30.9 Å². The first-order valence-electron chi connectivity index (χ1n) is 22.5. The van der Waals surface area contributed by atoms with Crippen LogP contribution in [-0.4, -0.2) is 54.2 Å². The summed E-state index contributed by atoms with van der Waals surface area (Å²) in [6.45, 7) is 17.7. The number of aromatic nitrogens is 3. The van der Waals surface area contributed by atoms with Gasteiger partial charge in [0.05, 0.1) is 26.4 Å². The van der Waals surface area contributed by atoms with E-state index in [0.29, 0.717) is 0 Å². The van der Waals surface area contributed by atoms with Crippen LogP contribution in [0, 0.1) is 27.7 Å². The molecule has 3 aliphatic rings. The lowest BCUT2D eigenvalue weighted by molar-refractivity contribution is 0.463. The minimum absolute atomic E-state index is 0.723. The molecule has 3 aliphatic heterocycles. The highest BCUT2D eigenvalue weighted by molar-refractivity contribution is 7.12. The SMILES string of the molecule is CCc1nc(Cc2ccc(C)cc2)sc1C1CCNCC1.Cc1ccc(Cc2nc(C)c(C3CCNCC3)s2)cc1.Cc1ccc(Cc2ncc(C3CCNCC3)s2)cc1. The molecule has 6 aromatic rings. The smallest absolute Gasteiger partial charge is 0.0975 e. The number of piperidine rings is 3. The van der Waals surface area contributed by atoms with Crippen LogP contribution in [0.5, 0.6) is 0 Å². The highest BCUT2D eigenvalue weighted by atomic mass is 32.1. The fourth-order valence-electron chi connectivity index (χ4n) is 8.49.